The lowest BCUT2D eigenvalue weighted by molar-refractivity contribution is -0.143. The van der Waals surface area contributed by atoms with E-state index in [1.165, 1.54) is 19.3 Å². The van der Waals surface area contributed by atoms with Crippen molar-refractivity contribution in [2.24, 2.45) is 0 Å². The van der Waals surface area contributed by atoms with Gasteiger partial charge in [0.25, 0.3) is 0 Å². The van der Waals surface area contributed by atoms with E-state index in [1.54, 1.807) is 0 Å². The molecular weight excluding hydrogens is 204 g/mol. The summed E-state index contributed by atoms with van der Waals surface area (Å²) >= 11 is 0. The molecule has 0 unspecified atom stereocenters. The number of hydrogen-bond acceptors (Lipinski definition) is 3. The van der Waals surface area contributed by atoms with Crippen LogP contribution < -0.4 is 0 Å². The third-order valence-corrected chi connectivity index (χ3v) is 2.67. The molecule has 0 aromatic heterocycles. The summed E-state index contributed by atoms with van der Waals surface area (Å²) in [5.74, 6) is 5.47. The molecule has 1 aliphatic heterocycles. The third kappa shape index (κ3) is 4.67. The summed E-state index contributed by atoms with van der Waals surface area (Å²) in [4.78, 5) is 10.8. The molecule has 0 spiro atoms. The zero-order chi connectivity index (χ0) is 11.8. The van der Waals surface area contributed by atoms with Gasteiger partial charge in [-0.2, -0.15) is 0 Å². The zero-order valence-corrected chi connectivity index (χ0v) is 9.87. The highest BCUT2D eigenvalue weighted by molar-refractivity contribution is 5.71. The van der Waals surface area contributed by atoms with Gasteiger partial charge in [0, 0.05) is 12.8 Å². The van der Waals surface area contributed by atoms with Gasteiger partial charge in [-0.05, 0) is 12.8 Å². The highest BCUT2D eigenvalue weighted by Gasteiger charge is 2.28. The molecule has 0 bridgehead atoms. The molecule has 0 aromatic carbocycles. The third-order valence-electron chi connectivity index (χ3n) is 2.67. The molecule has 3 heteroatoms. The number of rotatable bonds is 5. The zero-order valence-electron chi connectivity index (χ0n) is 9.87. The van der Waals surface area contributed by atoms with Gasteiger partial charge in [-0.25, -0.2) is 0 Å². The number of unbranched alkanes of at least 4 members (excludes halogenated alkanes) is 4. The molecule has 0 amide bonds. The molecule has 1 N–H and O–H groups in total. The van der Waals surface area contributed by atoms with E-state index in [0.717, 1.165) is 12.8 Å². The Hall–Kier alpha value is -1.01. The highest BCUT2D eigenvalue weighted by Crippen LogP contribution is 2.16. The van der Waals surface area contributed by atoms with Gasteiger partial charge >= 0.3 is 5.97 Å². The normalized spacial score (nSPS) is 21.1. The molecule has 1 saturated heterocycles. The second kappa shape index (κ2) is 7.29. The summed E-state index contributed by atoms with van der Waals surface area (Å²) < 4.78 is 4.93. The number of aliphatic hydroxyl groups is 1. The number of carbonyl (C=O) groups is 1. The van der Waals surface area contributed by atoms with Gasteiger partial charge in [0.2, 0.25) is 0 Å². The van der Waals surface area contributed by atoms with E-state index in [9.17, 15) is 9.90 Å². The fourth-order valence-corrected chi connectivity index (χ4v) is 1.68. The molecule has 90 valence electrons. The average molecular weight is 224 g/mol. The van der Waals surface area contributed by atoms with E-state index in [2.05, 4.69) is 18.8 Å². The van der Waals surface area contributed by atoms with E-state index in [1.807, 2.05) is 0 Å². The summed E-state index contributed by atoms with van der Waals surface area (Å²) in [5.41, 5.74) is 0. The van der Waals surface area contributed by atoms with Gasteiger partial charge in [-0.3, -0.25) is 4.79 Å². The predicted molar refractivity (Wildman–Crippen MR) is 61.7 cm³/mol. The van der Waals surface area contributed by atoms with E-state index < -0.39 is 12.2 Å². The number of carbonyl (C=O) groups excluding carboxylic acids is 1. The summed E-state index contributed by atoms with van der Waals surface area (Å²) in [6, 6.07) is 0. The van der Waals surface area contributed by atoms with Crippen molar-refractivity contribution >= 4 is 5.97 Å². The molecule has 1 fully saturated rings. The lowest BCUT2D eigenvalue weighted by Gasteiger charge is -2.10. The number of cyclic esters (lactones) is 1. The minimum atomic E-state index is -0.808. The minimum Gasteiger partial charge on any atom is -0.459 e. The van der Waals surface area contributed by atoms with Crippen molar-refractivity contribution < 1.29 is 14.6 Å². The van der Waals surface area contributed by atoms with Crippen LogP contribution in [0.1, 0.15) is 51.9 Å². The average Bonchev–Trinajstić information content (AvgIpc) is 2.70. The molecular formula is C13H20O3. The smallest absolute Gasteiger partial charge is 0.306 e. The SMILES string of the molecule is CCCCCCC#C[C@@H](O)[C@H]1CCC(=O)O1. The van der Waals surface area contributed by atoms with Gasteiger partial charge < -0.3 is 9.84 Å². The van der Waals surface area contributed by atoms with Crippen molar-refractivity contribution in [3.63, 3.8) is 0 Å². The van der Waals surface area contributed by atoms with Crippen LogP contribution in [-0.4, -0.2) is 23.3 Å². The maximum Gasteiger partial charge on any atom is 0.306 e. The van der Waals surface area contributed by atoms with Gasteiger partial charge in [0.1, 0.15) is 6.10 Å². The molecule has 0 saturated carbocycles. The summed E-state index contributed by atoms with van der Waals surface area (Å²) in [7, 11) is 0. The first-order valence-electron chi connectivity index (χ1n) is 6.10. The Morgan fingerprint density at radius 2 is 2.31 bits per heavy atom. The van der Waals surface area contributed by atoms with E-state index in [-0.39, 0.29) is 5.97 Å². The monoisotopic (exact) mass is 224 g/mol. The van der Waals surface area contributed by atoms with Gasteiger partial charge in [0.05, 0.1) is 0 Å². The topological polar surface area (TPSA) is 46.5 Å². The van der Waals surface area contributed by atoms with Crippen LogP contribution in [0, 0.1) is 11.8 Å². The molecule has 2 atom stereocenters. The lowest BCUT2D eigenvalue weighted by Crippen LogP contribution is -2.23. The van der Waals surface area contributed by atoms with Crippen LogP contribution in [0.3, 0.4) is 0 Å². The van der Waals surface area contributed by atoms with Gasteiger partial charge in [-0.15, -0.1) is 5.92 Å². The molecule has 0 aromatic rings. The maximum atomic E-state index is 10.8. The molecule has 0 aliphatic carbocycles. The van der Waals surface area contributed by atoms with Crippen LogP contribution in [0.2, 0.25) is 0 Å². The highest BCUT2D eigenvalue weighted by atomic mass is 16.6. The van der Waals surface area contributed by atoms with Crippen molar-refractivity contribution in [1.29, 1.82) is 0 Å². The Morgan fingerprint density at radius 1 is 1.50 bits per heavy atom. The van der Waals surface area contributed by atoms with Crippen LogP contribution in [0.25, 0.3) is 0 Å². The number of esters is 1. The first-order chi connectivity index (χ1) is 7.74. The predicted octanol–water partition coefficient (Wildman–Crippen LogP) is 2.03. The Morgan fingerprint density at radius 3 is 2.94 bits per heavy atom. The van der Waals surface area contributed by atoms with Gasteiger partial charge in [0.15, 0.2) is 6.10 Å². The standard InChI is InChI=1S/C13H20O3/c1-2-3-4-5-6-7-8-11(14)12-9-10-13(15)16-12/h11-12,14H,2-6,9-10H2,1H3/t11-,12-/m1/s1. The van der Waals surface area contributed by atoms with Crippen LogP contribution in [-0.2, 0) is 9.53 Å². The van der Waals surface area contributed by atoms with Crippen molar-refractivity contribution in [2.75, 3.05) is 0 Å². The van der Waals surface area contributed by atoms with Crippen molar-refractivity contribution in [3.8, 4) is 11.8 Å². The number of aliphatic hydroxyl groups excluding tert-OH is 1. The fraction of sp³-hybridized carbons (Fsp3) is 0.769. The summed E-state index contributed by atoms with van der Waals surface area (Å²) in [6.07, 6.45) is 5.33. The van der Waals surface area contributed by atoms with Crippen LogP contribution in [0.15, 0.2) is 0 Å². The Balaban J connectivity index is 2.15. The Bertz CT molecular complexity index is 275. The molecule has 16 heavy (non-hydrogen) atoms. The minimum absolute atomic E-state index is 0.228. The van der Waals surface area contributed by atoms with Crippen molar-refractivity contribution in [3.05, 3.63) is 0 Å². The molecule has 1 heterocycles. The van der Waals surface area contributed by atoms with Crippen LogP contribution in [0.4, 0.5) is 0 Å². The van der Waals surface area contributed by atoms with Crippen molar-refractivity contribution in [2.45, 2.75) is 64.1 Å². The summed E-state index contributed by atoms with van der Waals surface area (Å²) in [5, 5.41) is 9.62. The number of ether oxygens (including phenoxy) is 1. The first kappa shape index (κ1) is 13.1. The molecule has 1 rings (SSSR count). The van der Waals surface area contributed by atoms with Crippen molar-refractivity contribution in [1.82, 2.24) is 0 Å². The second-order valence-corrected chi connectivity index (χ2v) is 4.14. The largest absolute Gasteiger partial charge is 0.459 e. The number of hydrogen-bond donors (Lipinski definition) is 1. The lowest BCUT2D eigenvalue weighted by atomic mass is 10.1. The molecule has 0 radical (unpaired) electrons. The van der Waals surface area contributed by atoms with E-state index in [0.29, 0.717) is 12.8 Å². The first-order valence-corrected chi connectivity index (χ1v) is 6.10. The maximum absolute atomic E-state index is 10.8. The van der Waals surface area contributed by atoms with Crippen LogP contribution in [0.5, 0.6) is 0 Å². The van der Waals surface area contributed by atoms with E-state index in [4.69, 9.17) is 4.74 Å². The second-order valence-electron chi connectivity index (χ2n) is 4.14. The van der Waals surface area contributed by atoms with Crippen LogP contribution >= 0.6 is 0 Å². The van der Waals surface area contributed by atoms with E-state index >= 15 is 0 Å². The Kier molecular flexibility index (Phi) is 5.95. The summed E-state index contributed by atoms with van der Waals surface area (Å²) in [6.45, 7) is 2.17. The van der Waals surface area contributed by atoms with Gasteiger partial charge in [-0.1, -0.05) is 32.1 Å². The molecule has 3 nitrogen and oxygen atoms in total. The quantitative estimate of drug-likeness (QED) is 0.441. The fourth-order valence-electron chi connectivity index (χ4n) is 1.68. The Labute approximate surface area is 97.2 Å². The molecule has 1 aliphatic rings.